The standard InChI is InChI=1S/C22H25ClN2O2S.2C4H4O4/c23-18-5-6-21-17(15-18)16-20(19-3-1-2-4-22(19)28-21)27-14-12-25-9-7-24(8-10-25)11-13-26;2*5-3(6)1-2-4(7)8/h1-6,15-16,26H,7-14H2;2*1-2H,(H,5,6)(H,7,8)/b;2*2-1+. The first kappa shape index (κ1) is 36.1. The second kappa shape index (κ2) is 19.2. The van der Waals surface area contributed by atoms with Crippen molar-refractivity contribution in [2.75, 3.05) is 52.5 Å². The molecule has 0 bridgehead atoms. The van der Waals surface area contributed by atoms with E-state index in [0.717, 1.165) is 61.2 Å². The van der Waals surface area contributed by atoms with Crippen molar-refractivity contribution in [2.45, 2.75) is 9.79 Å². The van der Waals surface area contributed by atoms with Gasteiger partial charge in [-0.25, -0.2) is 19.2 Å². The Morgan fingerprint density at radius 2 is 1.30 bits per heavy atom. The molecule has 2 aliphatic heterocycles. The molecule has 44 heavy (non-hydrogen) atoms. The van der Waals surface area contributed by atoms with Gasteiger partial charge in [0.1, 0.15) is 12.4 Å². The number of halogens is 1. The summed E-state index contributed by atoms with van der Waals surface area (Å²) in [5, 5.41) is 41.1. The summed E-state index contributed by atoms with van der Waals surface area (Å²) >= 11 is 7.98. The highest BCUT2D eigenvalue weighted by atomic mass is 35.5. The first-order valence-corrected chi connectivity index (χ1v) is 14.4. The number of carbonyl (C=O) groups is 4. The maximum absolute atomic E-state index is 9.55. The van der Waals surface area contributed by atoms with E-state index < -0.39 is 23.9 Å². The number of carboxylic acid groups (broad SMARTS) is 4. The third-order valence-corrected chi connectivity index (χ3v) is 7.32. The van der Waals surface area contributed by atoms with E-state index in [1.54, 1.807) is 11.8 Å². The van der Waals surface area contributed by atoms with Gasteiger partial charge < -0.3 is 30.3 Å². The Hall–Kier alpha value is -4.14. The Balaban J connectivity index is 0.000000349. The largest absolute Gasteiger partial charge is 0.492 e. The zero-order valence-electron chi connectivity index (χ0n) is 23.5. The van der Waals surface area contributed by atoms with Gasteiger partial charge in [-0.1, -0.05) is 41.6 Å². The molecule has 1 saturated heterocycles. The summed E-state index contributed by atoms with van der Waals surface area (Å²) in [7, 11) is 0. The normalized spacial score (nSPS) is 14.5. The first-order chi connectivity index (χ1) is 21.0. The summed E-state index contributed by atoms with van der Waals surface area (Å²) in [4.78, 5) is 45.3. The highest BCUT2D eigenvalue weighted by molar-refractivity contribution is 7.99. The average molecular weight is 649 g/mol. The number of ether oxygens (including phenoxy) is 1. The second-order valence-corrected chi connectivity index (χ2v) is 10.6. The van der Waals surface area contributed by atoms with Crippen LogP contribution in [0.5, 0.6) is 0 Å². The van der Waals surface area contributed by atoms with E-state index in [9.17, 15) is 19.2 Å². The van der Waals surface area contributed by atoms with Crippen LogP contribution in [-0.4, -0.2) is 112 Å². The molecule has 2 aromatic carbocycles. The highest BCUT2D eigenvalue weighted by Gasteiger charge is 2.19. The number of fused-ring (bicyclic) bond motifs is 2. The monoisotopic (exact) mass is 648 g/mol. The molecule has 0 saturated carbocycles. The number of carboxylic acids is 4. The zero-order chi connectivity index (χ0) is 32.5. The summed E-state index contributed by atoms with van der Waals surface area (Å²) in [6.07, 6.45) is 4.34. The van der Waals surface area contributed by atoms with Gasteiger partial charge >= 0.3 is 23.9 Å². The topological polar surface area (TPSA) is 185 Å². The van der Waals surface area contributed by atoms with E-state index in [0.29, 0.717) is 30.9 Å². The lowest BCUT2D eigenvalue weighted by Crippen LogP contribution is -2.47. The SMILES string of the molecule is O=C(O)/C=C/C(=O)O.O=C(O)/C=C/C(=O)O.OCCN1CCN(CCOC2=Cc3cc(Cl)ccc3Sc3ccccc32)CC1. The number of benzene rings is 2. The molecular formula is C30H33ClN2O10S. The van der Waals surface area contributed by atoms with Crippen LogP contribution < -0.4 is 0 Å². The molecule has 236 valence electrons. The van der Waals surface area contributed by atoms with Crippen LogP contribution in [0.2, 0.25) is 5.02 Å². The molecule has 5 N–H and O–H groups in total. The Bertz CT molecular complexity index is 1320. The van der Waals surface area contributed by atoms with Gasteiger partial charge in [0.25, 0.3) is 0 Å². The van der Waals surface area contributed by atoms with Crippen molar-refractivity contribution in [1.29, 1.82) is 0 Å². The molecule has 2 aliphatic rings. The summed E-state index contributed by atoms with van der Waals surface area (Å²) < 4.78 is 6.27. The number of β-amino-alcohol motifs (C(OH)–C–C–N with tert-alkyl or cyclic N) is 1. The van der Waals surface area contributed by atoms with E-state index in [4.69, 9.17) is 41.9 Å². The maximum atomic E-state index is 9.55. The van der Waals surface area contributed by atoms with Crippen LogP contribution in [0.25, 0.3) is 11.8 Å². The van der Waals surface area contributed by atoms with E-state index >= 15 is 0 Å². The smallest absolute Gasteiger partial charge is 0.328 e. The molecule has 0 unspecified atom stereocenters. The number of aliphatic hydroxyl groups is 1. The van der Waals surface area contributed by atoms with E-state index in [-0.39, 0.29) is 6.61 Å². The number of aliphatic carboxylic acids is 4. The van der Waals surface area contributed by atoms with Crippen molar-refractivity contribution >= 4 is 59.1 Å². The molecule has 0 aliphatic carbocycles. The Morgan fingerprint density at radius 3 is 1.82 bits per heavy atom. The Kier molecular flexibility index (Phi) is 15.7. The molecule has 12 nitrogen and oxygen atoms in total. The van der Waals surface area contributed by atoms with Crippen molar-refractivity contribution in [1.82, 2.24) is 9.80 Å². The van der Waals surface area contributed by atoms with Gasteiger partial charge in [-0.2, -0.15) is 0 Å². The zero-order valence-corrected chi connectivity index (χ0v) is 25.1. The van der Waals surface area contributed by atoms with Crippen LogP contribution in [0, 0.1) is 0 Å². The Morgan fingerprint density at radius 1 is 0.773 bits per heavy atom. The number of hydrogen-bond donors (Lipinski definition) is 5. The average Bonchev–Trinajstić information content (AvgIpc) is 3.13. The lowest BCUT2D eigenvalue weighted by molar-refractivity contribution is -0.134. The van der Waals surface area contributed by atoms with Crippen molar-refractivity contribution in [3.63, 3.8) is 0 Å². The van der Waals surface area contributed by atoms with Gasteiger partial charge in [0, 0.05) is 83.9 Å². The molecule has 0 spiro atoms. The van der Waals surface area contributed by atoms with Crippen LogP contribution in [0.3, 0.4) is 0 Å². The quantitative estimate of drug-likeness (QED) is 0.236. The number of rotatable bonds is 10. The van der Waals surface area contributed by atoms with E-state index in [1.165, 1.54) is 9.79 Å². The van der Waals surface area contributed by atoms with Gasteiger partial charge in [0.05, 0.1) is 6.61 Å². The predicted molar refractivity (Wildman–Crippen MR) is 165 cm³/mol. The Labute approximate surface area is 263 Å². The van der Waals surface area contributed by atoms with Crippen molar-refractivity contribution in [3.8, 4) is 0 Å². The lowest BCUT2D eigenvalue weighted by atomic mass is 10.1. The first-order valence-electron chi connectivity index (χ1n) is 13.2. The van der Waals surface area contributed by atoms with Gasteiger partial charge in [-0.05, 0) is 35.9 Å². The fraction of sp³-hybridized carbons (Fsp3) is 0.267. The molecule has 0 aromatic heterocycles. The van der Waals surface area contributed by atoms with Gasteiger partial charge in [0.15, 0.2) is 0 Å². The van der Waals surface area contributed by atoms with Crippen molar-refractivity contribution in [2.24, 2.45) is 0 Å². The fourth-order valence-corrected chi connectivity index (χ4v) is 5.10. The highest BCUT2D eigenvalue weighted by Crippen LogP contribution is 2.41. The molecule has 14 heteroatoms. The lowest BCUT2D eigenvalue weighted by Gasteiger charge is -2.34. The van der Waals surface area contributed by atoms with Gasteiger partial charge in [-0.15, -0.1) is 0 Å². The molecular weight excluding hydrogens is 616 g/mol. The van der Waals surface area contributed by atoms with E-state index in [1.807, 2.05) is 12.1 Å². The van der Waals surface area contributed by atoms with Crippen molar-refractivity contribution in [3.05, 3.63) is 82.9 Å². The number of aliphatic hydroxyl groups excluding tert-OH is 1. The third-order valence-electron chi connectivity index (χ3n) is 5.91. The van der Waals surface area contributed by atoms with Gasteiger partial charge in [0.2, 0.25) is 0 Å². The predicted octanol–water partition coefficient (Wildman–Crippen LogP) is 3.35. The van der Waals surface area contributed by atoms with E-state index in [2.05, 4.69) is 46.2 Å². The summed E-state index contributed by atoms with van der Waals surface area (Å²) in [5.74, 6) is -4.12. The van der Waals surface area contributed by atoms with Crippen LogP contribution in [-0.2, 0) is 23.9 Å². The summed E-state index contributed by atoms with van der Waals surface area (Å²) in [6.45, 7) is 6.63. The molecule has 0 radical (unpaired) electrons. The number of piperazine rings is 1. The molecule has 4 rings (SSSR count). The minimum Gasteiger partial charge on any atom is -0.492 e. The molecule has 2 heterocycles. The molecule has 2 aromatic rings. The third kappa shape index (κ3) is 13.9. The minimum absolute atomic E-state index is 0.236. The van der Waals surface area contributed by atoms with Crippen molar-refractivity contribution < 1.29 is 49.4 Å². The van der Waals surface area contributed by atoms with Crippen LogP contribution in [0.4, 0.5) is 0 Å². The van der Waals surface area contributed by atoms with Crippen LogP contribution in [0.15, 0.2) is 76.6 Å². The molecule has 1 fully saturated rings. The van der Waals surface area contributed by atoms with Crippen LogP contribution in [0.1, 0.15) is 11.1 Å². The van der Waals surface area contributed by atoms with Crippen LogP contribution >= 0.6 is 23.4 Å². The molecule has 0 atom stereocenters. The summed E-state index contributed by atoms with van der Waals surface area (Å²) in [6, 6.07) is 14.4. The van der Waals surface area contributed by atoms with Gasteiger partial charge in [-0.3, -0.25) is 9.80 Å². The molecule has 0 amide bonds. The summed E-state index contributed by atoms with van der Waals surface area (Å²) in [5.41, 5.74) is 2.23. The minimum atomic E-state index is -1.26. The maximum Gasteiger partial charge on any atom is 0.328 e. The second-order valence-electron chi connectivity index (χ2n) is 9.06. The number of hydrogen-bond acceptors (Lipinski definition) is 9. The number of nitrogens with zero attached hydrogens (tertiary/aromatic N) is 2. The fourth-order valence-electron chi connectivity index (χ4n) is 3.89.